The average molecular weight is 291 g/mol. The van der Waals surface area contributed by atoms with Crippen molar-refractivity contribution in [2.45, 2.75) is 39.2 Å². The first-order valence-electron chi connectivity index (χ1n) is 6.82. The SMILES string of the molecule is Cc1cnc(NC(=O)C2C3=C(CCCC3=O)NC2C)s1. The van der Waals surface area contributed by atoms with Gasteiger partial charge in [0.15, 0.2) is 10.9 Å². The number of carbonyl (C=O) groups excluding carboxylic acids is 2. The molecule has 0 spiro atoms. The quantitative estimate of drug-likeness (QED) is 0.874. The lowest BCUT2D eigenvalue weighted by atomic mass is 9.86. The van der Waals surface area contributed by atoms with Crippen LogP contribution in [0.1, 0.15) is 31.1 Å². The highest BCUT2D eigenvalue weighted by atomic mass is 32.1. The summed E-state index contributed by atoms with van der Waals surface area (Å²) in [6.45, 7) is 3.89. The molecule has 1 aliphatic heterocycles. The number of ketones is 1. The molecular formula is C14H17N3O2S. The second kappa shape index (κ2) is 5.01. The highest BCUT2D eigenvalue weighted by Gasteiger charge is 2.41. The van der Waals surface area contributed by atoms with Crippen molar-refractivity contribution in [2.75, 3.05) is 5.32 Å². The highest BCUT2D eigenvalue weighted by molar-refractivity contribution is 7.15. The number of thiazole rings is 1. The van der Waals surface area contributed by atoms with Crippen molar-refractivity contribution >= 4 is 28.2 Å². The van der Waals surface area contributed by atoms with Crippen LogP contribution in [0.15, 0.2) is 17.5 Å². The van der Waals surface area contributed by atoms with Crippen LogP contribution in [0, 0.1) is 12.8 Å². The first kappa shape index (κ1) is 13.3. The Balaban J connectivity index is 1.83. The molecule has 2 heterocycles. The van der Waals surface area contributed by atoms with Gasteiger partial charge in [-0.15, -0.1) is 11.3 Å². The minimum atomic E-state index is -0.401. The molecule has 6 heteroatoms. The number of aromatic nitrogens is 1. The van der Waals surface area contributed by atoms with E-state index in [2.05, 4.69) is 15.6 Å². The number of allylic oxidation sites excluding steroid dienone is 1. The summed E-state index contributed by atoms with van der Waals surface area (Å²) in [5, 5.41) is 6.71. The Kier molecular flexibility index (Phi) is 3.33. The van der Waals surface area contributed by atoms with Crippen LogP contribution in [0.2, 0.25) is 0 Å². The molecule has 1 aromatic rings. The zero-order valence-electron chi connectivity index (χ0n) is 11.5. The molecule has 1 amide bonds. The van der Waals surface area contributed by atoms with Crippen LogP contribution >= 0.6 is 11.3 Å². The molecule has 2 N–H and O–H groups in total. The van der Waals surface area contributed by atoms with Crippen LogP contribution in [-0.4, -0.2) is 22.7 Å². The number of anilines is 1. The fraction of sp³-hybridized carbons (Fsp3) is 0.500. The second-order valence-electron chi connectivity index (χ2n) is 5.34. The Hall–Kier alpha value is -1.69. The van der Waals surface area contributed by atoms with Gasteiger partial charge < -0.3 is 10.6 Å². The van der Waals surface area contributed by atoms with Gasteiger partial charge in [-0.3, -0.25) is 9.59 Å². The molecule has 2 unspecified atom stereocenters. The minimum absolute atomic E-state index is 0.0388. The van der Waals surface area contributed by atoms with Crippen LogP contribution in [0.4, 0.5) is 5.13 Å². The van der Waals surface area contributed by atoms with E-state index < -0.39 is 5.92 Å². The first-order valence-corrected chi connectivity index (χ1v) is 7.64. The van der Waals surface area contributed by atoms with Crippen LogP contribution in [0.25, 0.3) is 0 Å². The lowest BCUT2D eigenvalue weighted by Gasteiger charge is -2.18. The molecule has 0 saturated heterocycles. The van der Waals surface area contributed by atoms with Crippen molar-refractivity contribution in [3.63, 3.8) is 0 Å². The largest absolute Gasteiger partial charge is 0.384 e. The maximum atomic E-state index is 12.5. The third-order valence-electron chi connectivity index (χ3n) is 3.80. The van der Waals surface area contributed by atoms with Gasteiger partial charge in [0.25, 0.3) is 0 Å². The predicted molar refractivity (Wildman–Crippen MR) is 77.5 cm³/mol. The lowest BCUT2D eigenvalue weighted by molar-refractivity contribution is -0.122. The molecule has 0 bridgehead atoms. The van der Waals surface area contributed by atoms with Gasteiger partial charge in [-0.25, -0.2) is 4.98 Å². The molecule has 1 aliphatic carbocycles. The highest BCUT2D eigenvalue weighted by Crippen LogP contribution is 2.34. The van der Waals surface area contributed by atoms with Gasteiger partial charge in [0, 0.05) is 34.8 Å². The van der Waals surface area contributed by atoms with Crippen LogP contribution in [0.3, 0.4) is 0 Å². The van der Waals surface area contributed by atoms with Crippen molar-refractivity contribution in [1.29, 1.82) is 0 Å². The van der Waals surface area contributed by atoms with E-state index in [1.54, 1.807) is 6.20 Å². The Morgan fingerprint density at radius 1 is 1.50 bits per heavy atom. The summed E-state index contributed by atoms with van der Waals surface area (Å²) in [5.41, 5.74) is 1.65. The molecule has 106 valence electrons. The number of rotatable bonds is 2. The number of nitrogens with one attached hydrogen (secondary N) is 2. The Morgan fingerprint density at radius 3 is 3.00 bits per heavy atom. The van der Waals surface area contributed by atoms with Crippen molar-refractivity contribution in [2.24, 2.45) is 5.92 Å². The predicted octanol–water partition coefficient (Wildman–Crippen LogP) is 2.01. The normalized spacial score (nSPS) is 25.4. The molecule has 0 fully saturated rings. The molecule has 2 aliphatic rings. The van der Waals surface area contributed by atoms with E-state index in [0.29, 0.717) is 17.1 Å². The van der Waals surface area contributed by atoms with Gasteiger partial charge in [-0.05, 0) is 26.7 Å². The fourth-order valence-corrected chi connectivity index (χ4v) is 3.60. The lowest BCUT2D eigenvalue weighted by Crippen LogP contribution is -2.35. The third kappa shape index (κ3) is 2.24. The van der Waals surface area contributed by atoms with Gasteiger partial charge in [0.2, 0.25) is 5.91 Å². The maximum absolute atomic E-state index is 12.5. The molecule has 0 aromatic carbocycles. The average Bonchev–Trinajstić information content (AvgIpc) is 2.93. The maximum Gasteiger partial charge on any atom is 0.235 e. The topological polar surface area (TPSA) is 71.1 Å². The summed E-state index contributed by atoms with van der Waals surface area (Å²) < 4.78 is 0. The number of amides is 1. The van der Waals surface area contributed by atoms with Crippen LogP contribution < -0.4 is 10.6 Å². The van der Waals surface area contributed by atoms with Gasteiger partial charge in [-0.1, -0.05) is 0 Å². The summed E-state index contributed by atoms with van der Waals surface area (Å²) in [5.74, 6) is -0.430. The van der Waals surface area contributed by atoms with E-state index in [1.165, 1.54) is 11.3 Å². The molecule has 5 nitrogen and oxygen atoms in total. The van der Waals surface area contributed by atoms with Gasteiger partial charge in [0.1, 0.15) is 0 Å². The zero-order valence-corrected chi connectivity index (χ0v) is 12.3. The van der Waals surface area contributed by atoms with Crippen molar-refractivity contribution in [3.05, 3.63) is 22.3 Å². The van der Waals surface area contributed by atoms with Crippen molar-refractivity contribution in [1.82, 2.24) is 10.3 Å². The molecule has 20 heavy (non-hydrogen) atoms. The number of carbonyl (C=O) groups is 2. The summed E-state index contributed by atoms with van der Waals surface area (Å²) in [6, 6.07) is -0.0388. The number of hydrogen-bond acceptors (Lipinski definition) is 5. The third-order valence-corrected chi connectivity index (χ3v) is 4.63. The summed E-state index contributed by atoms with van der Waals surface area (Å²) in [6.07, 6.45) is 4.02. The molecule has 1 aromatic heterocycles. The number of aryl methyl sites for hydroxylation is 1. The standard InChI is InChI=1S/C14H17N3O2S/c1-7-6-15-14(20-7)17-13(19)11-8(2)16-9-4-3-5-10(18)12(9)11/h6,8,11,16H,3-5H2,1-2H3,(H,15,17,19). The number of Topliss-reactive ketones (excluding diaryl/α,β-unsaturated/α-hetero) is 1. The fourth-order valence-electron chi connectivity index (χ4n) is 2.94. The monoisotopic (exact) mass is 291 g/mol. The van der Waals surface area contributed by atoms with E-state index in [4.69, 9.17) is 0 Å². The summed E-state index contributed by atoms with van der Waals surface area (Å²) >= 11 is 1.44. The van der Waals surface area contributed by atoms with Gasteiger partial charge in [0.05, 0.1) is 5.92 Å². The molecular weight excluding hydrogens is 274 g/mol. The zero-order chi connectivity index (χ0) is 14.3. The smallest absolute Gasteiger partial charge is 0.235 e. The van der Waals surface area contributed by atoms with Gasteiger partial charge >= 0.3 is 0 Å². The Bertz CT molecular complexity index is 605. The number of nitrogens with zero attached hydrogens (tertiary/aromatic N) is 1. The molecule has 3 rings (SSSR count). The Morgan fingerprint density at radius 2 is 2.30 bits per heavy atom. The molecule has 2 atom stereocenters. The summed E-state index contributed by atoms with van der Waals surface area (Å²) in [7, 11) is 0. The summed E-state index contributed by atoms with van der Waals surface area (Å²) in [4.78, 5) is 29.8. The van der Waals surface area contributed by atoms with Crippen LogP contribution in [-0.2, 0) is 9.59 Å². The molecule has 0 radical (unpaired) electrons. The van der Waals surface area contributed by atoms with E-state index in [9.17, 15) is 9.59 Å². The van der Waals surface area contributed by atoms with E-state index >= 15 is 0 Å². The van der Waals surface area contributed by atoms with Gasteiger partial charge in [-0.2, -0.15) is 0 Å². The van der Waals surface area contributed by atoms with Crippen molar-refractivity contribution < 1.29 is 9.59 Å². The number of hydrogen-bond donors (Lipinski definition) is 2. The van der Waals surface area contributed by atoms with E-state index in [-0.39, 0.29) is 17.7 Å². The Labute approximate surface area is 121 Å². The van der Waals surface area contributed by atoms with Crippen LogP contribution in [0.5, 0.6) is 0 Å². The van der Waals surface area contributed by atoms with E-state index in [1.807, 2.05) is 13.8 Å². The van der Waals surface area contributed by atoms with E-state index in [0.717, 1.165) is 23.4 Å². The minimum Gasteiger partial charge on any atom is -0.384 e. The second-order valence-corrected chi connectivity index (χ2v) is 6.58. The first-order chi connectivity index (χ1) is 9.56. The van der Waals surface area contributed by atoms with Crippen molar-refractivity contribution in [3.8, 4) is 0 Å². The molecule has 0 saturated carbocycles.